The standard InChI is InChI=1S/C22H34N2O6/c1-21(2,3)14-11-13(7-9-17(14)25)12-16(20(28)29)24-19(27)15(23)8-10-18(26)30-22(4,5)6/h7,9,11,15-16,25H,8,10,12,23H2,1-6H3,(H,24,27)(H,28,29)/t15-,16-/m0/s1. The predicted molar refractivity (Wildman–Crippen MR) is 113 cm³/mol. The lowest BCUT2D eigenvalue weighted by Crippen LogP contribution is -2.49. The Bertz CT molecular complexity index is 777. The number of aromatic hydroxyl groups is 1. The van der Waals surface area contributed by atoms with Crippen LogP contribution < -0.4 is 11.1 Å². The molecule has 8 nitrogen and oxygen atoms in total. The number of carboxylic acid groups (broad SMARTS) is 1. The van der Waals surface area contributed by atoms with Crippen LogP contribution in [0.3, 0.4) is 0 Å². The molecule has 5 N–H and O–H groups in total. The van der Waals surface area contributed by atoms with Crippen LogP contribution in [0.1, 0.15) is 65.5 Å². The van der Waals surface area contributed by atoms with Gasteiger partial charge in [0.15, 0.2) is 0 Å². The summed E-state index contributed by atoms with van der Waals surface area (Å²) in [4.78, 5) is 35.8. The highest BCUT2D eigenvalue weighted by Crippen LogP contribution is 2.31. The van der Waals surface area contributed by atoms with Crippen LogP contribution in [0.25, 0.3) is 0 Å². The highest BCUT2D eigenvalue weighted by atomic mass is 16.6. The van der Waals surface area contributed by atoms with Gasteiger partial charge in [-0.25, -0.2) is 4.79 Å². The second kappa shape index (κ2) is 9.93. The van der Waals surface area contributed by atoms with E-state index in [0.717, 1.165) is 0 Å². The Morgan fingerprint density at radius 2 is 1.73 bits per heavy atom. The van der Waals surface area contributed by atoms with E-state index in [1.165, 1.54) is 6.07 Å². The highest BCUT2D eigenvalue weighted by molar-refractivity contribution is 5.87. The average Bonchev–Trinajstić information content (AvgIpc) is 2.57. The second-order valence-electron chi connectivity index (χ2n) is 9.44. The first-order valence-electron chi connectivity index (χ1n) is 9.93. The molecule has 1 rings (SSSR count). The number of hydrogen-bond acceptors (Lipinski definition) is 6. The summed E-state index contributed by atoms with van der Waals surface area (Å²) in [5, 5.41) is 22.0. The van der Waals surface area contributed by atoms with E-state index in [4.69, 9.17) is 10.5 Å². The van der Waals surface area contributed by atoms with Gasteiger partial charge in [0.1, 0.15) is 17.4 Å². The van der Waals surface area contributed by atoms with Crippen molar-refractivity contribution in [3.8, 4) is 5.75 Å². The number of hydrogen-bond donors (Lipinski definition) is 4. The molecule has 0 spiro atoms. The fourth-order valence-corrected chi connectivity index (χ4v) is 2.82. The number of phenols is 1. The van der Waals surface area contributed by atoms with Gasteiger partial charge in [-0.2, -0.15) is 0 Å². The molecule has 30 heavy (non-hydrogen) atoms. The maximum atomic E-state index is 12.3. The Labute approximate surface area is 177 Å². The van der Waals surface area contributed by atoms with E-state index in [2.05, 4.69) is 5.32 Å². The van der Waals surface area contributed by atoms with Crippen LogP contribution in [0, 0.1) is 0 Å². The predicted octanol–water partition coefficient (Wildman–Crippen LogP) is 2.25. The third-order valence-corrected chi connectivity index (χ3v) is 4.34. The van der Waals surface area contributed by atoms with Crippen molar-refractivity contribution in [3.05, 3.63) is 29.3 Å². The summed E-state index contributed by atoms with van der Waals surface area (Å²) in [5.74, 6) is -2.19. The van der Waals surface area contributed by atoms with Gasteiger partial charge in [0.25, 0.3) is 0 Å². The number of carbonyl (C=O) groups excluding carboxylic acids is 2. The van der Waals surface area contributed by atoms with Crippen LogP contribution in [0.15, 0.2) is 18.2 Å². The first-order chi connectivity index (χ1) is 13.6. The van der Waals surface area contributed by atoms with Gasteiger partial charge in [-0.1, -0.05) is 32.9 Å². The second-order valence-corrected chi connectivity index (χ2v) is 9.44. The summed E-state index contributed by atoms with van der Waals surface area (Å²) >= 11 is 0. The number of amides is 1. The Morgan fingerprint density at radius 3 is 2.23 bits per heavy atom. The van der Waals surface area contributed by atoms with Crippen molar-refractivity contribution in [2.75, 3.05) is 0 Å². The molecule has 1 aromatic carbocycles. The lowest BCUT2D eigenvalue weighted by atomic mass is 9.85. The molecule has 0 aliphatic heterocycles. The van der Waals surface area contributed by atoms with Gasteiger partial charge in [-0.15, -0.1) is 0 Å². The lowest BCUT2D eigenvalue weighted by Gasteiger charge is -2.23. The summed E-state index contributed by atoms with van der Waals surface area (Å²) in [6.07, 6.45) is 0.0280. The third-order valence-electron chi connectivity index (χ3n) is 4.34. The molecular weight excluding hydrogens is 388 g/mol. The Kier molecular flexibility index (Phi) is 8.42. The van der Waals surface area contributed by atoms with Crippen LogP contribution in [0.4, 0.5) is 0 Å². The summed E-state index contributed by atoms with van der Waals surface area (Å²) in [7, 11) is 0. The van der Waals surface area contributed by atoms with Crippen LogP contribution in [-0.2, 0) is 31.0 Å². The fraction of sp³-hybridized carbons (Fsp3) is 0.591. The molecule has 0 aromatic heterocycles. The number of carboxylic acids is 1. The number of benzene rings is 1. The minimum Gasteiger partial charge on any atom is -0.508 e. The van der Waals surface area contributed by atoms with Gasteiger partial charge in [-0.05, 0) is 49.8 Å². The van der Waals surface area contributed by atoms with Crippen molar-refractivity contribution in [2.45, 2.75) is 83.9 Å². The molecule has 0 aliphatic rings. The number of phenolic OH excluding ortho intramolecular Hbond substituents is 1. The van der Waals surface area contributed by atoms with Crippen molar-refractivity contribution < 1.29 is 29.3 Å². The molecule has 0 heterocycles. The Balaban J connectivity index is 2.77. The van der Waals surface area contributed by atoms with E-state index in [1.807, 2.05) is 20.8 Å². The van der Waals surface area contributed by atoms with Gasteiger partial charge < -0.3 is 26.0 Å². The summed E-state index contributed by atoms with van der Waals surface area (Å²) in [6.45, 7) is 11.0. The molecular formula is C22H34N2O6. The van der Waals surface area contributed by atoms with E-state index >= 15 is 0 Å². The molecule has 0 saturated heterocycles. The topological polar surface area (TPSA) is 139 Å². The minimum absolute atomic E-state index is 0.0310. The Hall–Kier alpha value is -2.61. The van der Waals surface area contributed by atoms with E-state index in [9.17, 15) is 24.6 Å². The number of nitrogens with two attached hydrogens (primary N) is 1. The number of esters is 1. The first-order valence-corrected chi connectivity index (χ1v) is 9.93. The molecule has 168 valence electrons. The molecule has 0 bridgehead atoms. The monoisotopic (exact) mass is 422 g/mol. The Morgan fingerprint density at radius 1 is 1.13 bits per heavy atom. The zero-order chi connectivity index (χ0) is 23.3. The van der Waals surface area contributed by atoms with Crippen molar-refractivity contribution in [2.24, 2.45) is 5.73 Å². The quantitative estimate of drug-likeness (QED) is 0.471. The molecule has 0 saturated carbocycles. The SMILES string of the molecule is CC(C)(C)OC(=O)CC[C@H](N)C(=O)N[C@@H](Cc1ccc(O)c(C(C)(C)C)c1)C(=O)O. The molecule has 1 amide bonds. The minimum atomic E-state index is -1.20. The summed E-state index contributed by atoms with van der Waals surface area (Å²) < 4.78 is 5.17. The fourth-order valence-electron chi connectivity index (χ4n) is 2.82. The molecule has 0 fully saturated rings. The smallest absolute Gasteiger partial charge is 0.326 e. The number of carbonyl (C=O) groups is 3. The molecule has 0 aliphatic carbocycles. The van der Waals surface area contributed by atoms with E-state index in [1.54, 1.807) is 32.9 Å². The highest BCUT2D eigenvalue weighted by Gasteiger charge is 2.26. The average molecular weight is 423 g/mol. The number of aliphatic carboxylic acids is 1. The third kappa shape index (κ3) is 8.41. The molecule has 0 unspecified atom stereocenters. The summed E-state index contributed by atoms with van der Waals surface area (Å²) in [6, 6.07) is 2.64. The van der Waals surface area contributed by atoms with Gasteiger partial charge in [0, 0.05) is 12.8 Å². The van der Waals surface area contributed by atoms with Gasteiger partial charge in [0.05, 0.1) is 6.04 Å². The first kappa shape index (κ1) is 25.4. The zero-order valence-corrected chi connectivity index (χ0v) is 18.6. The van der Waals surface area contributed by atoms with Gasteiger partial charge in [0.2, 0.25) is 5.91 Å². The van der Waals surface area contributed by atoms with E-state index in [0.29, 0.717) is 11.1 Å². The van der Waals surface area contributed by atoms with Crippen molar-refractivity contribution in [3.63, 3.8) is 0 Å². The number of nitrogens with one attached hydrogen (secondary N) is 1. The maximum Gasteiger partial charge on any atom is 0.326 e. The van der Waals surface area contributed by atoms with E-state index in [-0.39, 0.29) is 30.4 Å². The maximum absolute atomic E-state index is 12.3. The van der Waals surface area contributed by atoms with Crippen molar-refractivity contribution in [1.29, 1.82) is 0 Å². The number of ether oxygens (including phenoxy) is 1. The molecule has 8 heteroatoms. The van der Waals surface area contributed by atoms with Crippen LogP contribution in [-0.4, -0.2) is 45.7 Å². The summed E-state index contributed by atoms with van der Waals surface area (Å²) in [5.41, 5.74) is 6.21. The van der Waals surface area contributed by atoms with Crippen LogP contribution in [0.5, 0.6) is 5.75 Å². The van der Waals surface area contributed by atoms with Crippen LogP contribution >= 0.6 is 0 Å². The van der Waals surface area contributed by atoms with Gasteiger partial charge >= 0.3 is 11.9 Å². The number of rotatable bonds is 8. The van der Waals surface area contributed by atoms with Crippen molar-refractivity contribution >= 4 is 17.8 Å². The van der Waals surface area contributed by atoms with E-state index < -0.39 is 35.5 Å². The lowest BCUT2D eigenvalue weighted by molar-refractivity contribution is -0.155. The van der Waals surface area contributed by atoms with Crippen LogP contribution in [0.2, 0.25) is 0 Å². The normalized spacial score (nSPS) is 14.0. The largest absolute Gasteiger partial charge is 0.508 e. The van der Waals surface area contributed by atoms with Gasteiger partial charge in [-0.3, -0.25) is 9.59 Å². The van der Waals surface area contributed by atoms with Crippen molar-refractivity contribution in [1.82, 2.24) is 5.32 Å². The zero-order valence-electron chi connectivity index (χ0n) is 18.6. The molecule has 2 atom stereocenters. The molecule has 0 radical (unpaired) electrons. The molecule has 1 aromatic rings.